The second kappa shape index (κ2) is 6.36. The summed E-state index contributed by atoms with van der Waals surface area (Å²) in [5.74, 6) is 0.487. The van der Waals surface area contributed by atoms with Crippen LogP contribution in [0.3, 0.4) is 0 Å². The van der Waals surface area contributed by atoms with Gasteiger partial charge in [-0.05, 0) is 29.5 Å². The molecule has 1 nitrogen and oxygen atoms in total. The molecule has 0 fully saturated rings. The van der Waals surface area contributed by atoms with Crippen LogP contribution in [0, 0.1) is 0 Å². The van der Waals surface area contributed by atoms with Gasteiger partial charge in [0, 0.05) is 17.5 Å². The quantitative estimate of drug-likeness (QED) is 0.645. The van der Waals surface area contributed by atoms with E-state index >= 15 is 0 Å². The lowest BCUT2D eigenvalue weighted by Crippen LogP contribution is -2.00. The molecule has 0 aliphatic carbocycles. The zero-order valence-electron chi connectivity index (χ0n) is 12.2. The minimum absolute atomic E-state index is 0.487. The van der Waals surface area contributed by atoms with Crippen LogP contribution in [0.4, 0.5) is 0 Å². The van der Waals surface area contributed by atoms with Crippen molar-refractivity contribution in [3.8, 4) is 11.1 Å². The summed E-state index contributed by atoms with van der Waals surface area (Å²) in [7, 11) is 0. The van der Waals surface area contributed by atoms with Crippen LogP contribution in [0.5, 0.6) is 0 Å². The summed E-state index contributed by atoms with van der Waals surface area (Å²) in [6, 6.07) is 25.3. The maximum atomic E-state index is 4.62. The molecule has 1 unspecified atom stereocenters. The van der Waals surface area contributed by atoms with Crippen LogP contribution in [0.25, 0.3) is 11.1 Å². The average molecular weight is 273 g/mol. The smallest absolute Gasteiger partial charge is 0.0410 e. The van der Waals surface area contributed by atoms with E-state index < -0.39 is 0 Å². The molecule has 1 aromatic heterocycles. The molecular weight excluding hydrogens is 254 g/mol. The van der Waals surface area contributed by atoms with Gasteiger partial charge >= 0.3 is 0 Å². The summed E-state index contributed by atoms with van der Waals surface area (Å²) in [6.45, 7) is 2.25. The van der Waals surface area contributed by atoms with Gasteiger partial charge in [-0.25, -0.2) is 0 Å². The Morgan fingerprint density at radius 3 is 2.05 bits per heavy atom. The van der Waals surface area contributed by atoms with Crippen molar-refractivity contribution in [3.63, 3.8) is 0 Å². The van der Waals surface area contributed by atoms with Gasteiger partial charge in [0.15, 0.2) is 0 Å². The van der Waals surface area contributed by atoms with Gasteiger partial charge in [0.2, 0.25) is 0 Å². The molecule has 1 atom stereocenters. The monoisotopic (exact) mass is 273 g/mol. The lowest BCUT2D eigenvalue weighted by Gasteiger charge is -2.11. The molecule has 0 amide bonds. The third-order valence-corrected chi connectivity index (χ3v) is 3.82. The topological polar surface area (TPSA) is 12.9 Å². The van der Waals surface area contributed by atoms with E-state index in [9.17, 15) is 0 Å². The Morgan fingerprint density at radius 1 is 0.762 bits per heavy atom. The summed E-state index contributed by atoms with van der Waals surface area (Å²) in [5.41, 5.74) is 4.90. The van der Waals surface area contributed by atoms with E-state index in [1.807, 2.05) is 12.3 Å². The Labute approximate surface area is 126 Å². The molecule has 0 bridgehead atoms. The van der Waals surface area contributed by atoms with Crippen molar-refractivity contribution in [1.82, 2.24) is 4.98 Å². The van der Waals surface area contributed by atoms with Gasteiger partial charge in [0.1, 0.15) is 0 Å². The SMILES string of the molecule is CC(Cc1ccc(-c2ccccc2)cn1)c1ccccc1. The molecule has 3 rings (SSSR count). The van der Waals surface area contributed by atoms with Crippen LogP contribution in [0.2, 0.25) is 0 Å². The lowest BCUT2D eigenvalue weighted by molar-refractivity contribution is 0.741. The summed E-state index contributed by atoms with van der Waals surface area (Å²) < 4.78 is 0. The van der Waals surface area contributed by atoms with E-state index in [1.54, 1.807) is 0 Å². The fourth-order valence-electron chi connectivity index (χ4n) is 2.56. The molecule has 104 valence electrons. The Bertz CT molecular complexity index is 672. The molecule has 0 saturated heterocycles. The van der Waals surface area contributed by atoms with Crippen LogP contribution < -0.4 is 0 Å². The van der Waals surface area contributed by atoms with Gasteiger partial charge in [0.05, 0.1) is 0 Å². The van der Waals surface area contributed by atoms with Crippen molar-refractivity contribution >= 4 is 0 Å². The molecule has 1 heterocycles. The first-order chi connectivity index (χ1) is 10.3. The number of rotatable bonds is 4. The standard InChI is InChI=1S/C20H19N/c1-16(17-8-4-2-5-9-17)14-20-13-12-19(15-21-20)18-10-6-3-7-11-18/h2-13,15-16H,14H2,1H3. The molecule has 0 saturated carbocycles. The van der Waals surface area contributed by atoms with Crippen LogP contribution in [-0.4, -0.2) is 4.98 Å². The van der Waals surface area contributed by atoms with E-state index in [4.69, 9.17) is 0 Å². The Hall–Kier alpha value is -2.41. The number of nitrogens with zero attached hydrogens (tertiary/aromatic N) is 1. The molecule has 0 aliphatic heterocycles. The third kappa shape index (κ3) is 3.38. The highest BCUT2D eigenvalue weighted by molar-refractivity contribution is 5.62. The van der Waals surface area contributed by atoms with Crippen molar-refractivity contribution in [3.05, 3.63) is 90.3 Å². The summed E-state index contributed by atoms with van der Waals surface area (Å²) in [5, 5.41) is 0. The van der Waals surface area contributed by atoms with Crippen LogP contribution in [0.15, 0.2) is 79.0 Å². The van der Waals surface area contributed by atoms with E-state index in [1.165, 1.54) is 16.7 Å². The van der Waals surface area contributed by atoms with Crippen molar-refractivity contribution in [2.75, 3.05) is 0 Å². The fourth-order valence-corrected chi connectivity index (χ4v) is 2.56. The average Bonchev–Trinajstić information content (AvgIpc) is 2.57. The summed E-state index contributed by atoms with van der Waals surface area (Å²) in [4.78, 5) is 4.62. The molecular formula is C20H19N. The number of aromatic nitrogens is 1. The van der Waals surface area contributed by atoms with Gasteiger partial charge in [0.25, 0.3) is 0 Å². The number of pyridine rings is 1. The van der Waals surface area contributed by atoms with E-state index in [0.717, 1.165) is 12.1 Å². The molecule has 0 spiro atoms. The van der Waals surface area contributed by atoms with Gasteiger partial charge in [-0.1, -0.05) is 73.7 Å². The molecule has 2 aromatic carbocycles. The van der Waals surface area contributed by atoms with E-state index in [-0.39, 0.29) is 0 Å². The van der Waals surface area contributed by atoms with Crippen molar-refractivity contribution in [2.45, 2.75) is 19.3 Å². The van der Waals surface area contributed by atoms with Gasteiger partial charge in [-0.2, -0.15) is 0 Å². The number of benzene rings is 2. The highest BCUT2D eigenvalue weighted by Gasteiger charge is 2.07. The highest BCUT2D eigenvalue weighted by Crippen LogP contribution is 2.21. The van der Waals surface area contributed by atoms with Crippen molar-refractivity contribution in [2.24, 2.45) is 0 Å². The predicted molar refractivity (Wildman–Crippen MR) is 88.2 cm³/mol. The number of hydrogen-bond acceptors (Lipinski definition) is 1. The molecule has 0 radical (unpaired) electrons. The van der Waals surface area contributed by atoms with Gasteiger partial charge in [-0.15, -0.1) is 0 Å². The molecule has 3 aromatic rings. The summed E-state index contributed by atoms with van der Waals surface area (Å²) >= 11 is 0. The third-order valence-electron chi connectivity index (χ3n) is 3.82. The van der Waals surface area contributed by atoms with E-state index in [0.29, 0.717) is 5.92 Å². The minimum atomic E-state index is 0.487. The van der Waals surface area contributed by atoms with Crippen LogP contribution in [-0.2, 0) is 6.42 Å². The first-order valence-electron chi connectivity index (χ1n) is 7.38. The van der Waals surface area contributed by atoms with Crippen LogP contribution >= 0.6 is 0 Å². The first-order valence-corrected chi connectivity index (χ1v) is 7.38. The van der Waals surface area contributed by atoms with E-state index in [2.05, 4.69) is 78.6 Å². The molecule has 0 aliphatic rings. The Balaban J connectivity index is 1.73. The maximum Gasteiger partial charge on any atom is 0.0410 e. The highest BCUT2D eigenvalue weighted by atomic mass is 14.7. The van der Waals surface area contributed by atoms with Crippen molar-refractivity contribution < 1.29 is 0 Å². The van der Waals surface area contributed by atoms with Crippen LogP contribution in [0.1, 0.15) is 24.1 Å². The fraction of sp³-hybridized carbons (Fsp3) is 0.150. The second-order valence-corrected chi connectivity index (χ2v) is 5.42. The minimum Gasteiger partial charge on any atom is -0.261 e. The largest absolute Gasteiger partial charge is 0.261 e. The maximum absolute atomic E-state index is 4.62. The molecule has 0 N–H and O–H groups in total. The zero-order chi connectivity index (χ0) is 14.5. The van der Waals surface area contributed by atoms with Gasteiger partial charge in [-0.3, -0.25) is 4.98 Å². The number of hydrogen-bond donors (Lipinski definition) is 0. The summed E-state index contributed by atoms with van der Waals surface area (Å²) in [6.07, 6.45) is 2.95. The lowest BCUT2D eigenvalue weighted by atomic mass is 9.96. The van der Waals surface area contributed by atoms with Gasteiger partial charge < -0.3 is 0 Å². The Morgan fingerprint density at radius 2 is 1.43 bits per heavy atom. The van der Waals surface area contributed by atoms with Crippen molar-refractivity contribution in [1.29, 1.82) is 0 Å². The molecule has 21 heavy (non-hydrogen) atoms. The Kier molecular flexibility index (Phi) is 4.11. The zero-order valence-corrected chi connectivity index (χ0v) is 12.2. The first kappa shape index (κ1) is 13.6. The normalized spacial score (nSPS) is 12.0. The molecule has 1 heteroatoms. The predicted octanol–water partition coefficient (Wildman–Crippen LogP) is 5.09. The second-order valence-electron chi connectivity index (χ2n) is 5.42.